The monoisotopic (exact) mass is 555 g/mol. The molecule has 1 fully saturated rings. The van der Waals surface area contributed by atoms with Gasteiger partial charge in [0.1, 0.15) is 17.2 Å². The number of halogens is 1. The number of esters is 1. The van der Waals surface area contributed by atoms with Gasteiger partial charge in [-0.05, 0) is 59.6 Å². The number of alkyl carbamates (subject to hydrolysis) is 1. The Morgan fingerprint density at radius 1 is 1.08 bits per heavy atom. The van der Waals surface area contributed by atoms with E-state index in [0.29, 0.717) is 5.56 Å². The van der Waals surface area contributed by atoms with Crippen molar-refractivity contribution < 1.29 is 33.2 Å². The predicted molar refractivity (Wildman–Crippen MR) is 140 cm³/mol. The van der Waals surface area contributed by atoms with Gasteiger partial charge in [-0.3, -0.25) is 14.5 Å². The van der Waals surface area contributed by atoms with Crippen molar-refractivity contribution in [2.24, 2.45) is 0 Å². The lowest BCUT2D eigenvalue weighted by Crippen LogP contribution is -2.76. The highest BCUT2D eigenvalue weighted by atomic mass is 35.7. The van der Waals surface area contributed by atoms with Gasteiger partial charge >= 0.3 is 12.1 Å². The number of amides is 3. The molecule has 1 aromatic rings. The summed E-state index contributed by atoms with van der Waals surface area (Å²) >= 11 is 0. The number of β-lactam (4-membered cyclic amide) rings is 1. The van der Waals surface area contributed by atoms with Gasteiger partial charge in [-0.15, -0.1) is 0 Å². The number of hydrogen-bond acceptors (Lipinski definition) is 7. The fourth-order valence-corrected chi connectivity index (χ4v) is 4.98. The Morgan fingerprint density at radius 2 is 1.62 bits per heavy atom. The van der Waals surface area contributed by atoms with Crippen LogP contribution in [0.15, 0.2) is 42.5 Å². The van der Waals surface area contributed by atoms with Crippen molar-refractivity contribution in [2.75, 3.05) is 0 Å². The van der Waals surface area contributed by atoms with Crippen molar-refractivity contribution in [3.8, 4) is 0 Å². The molecule has 10 nitrogen and oxygen atoms in total. The molecule has 0 radical (unpaired) electrons. The van der Waals surface area contributed by atoms with E-state index in [2.05, 4.69) is 17.2 Å². The van der Waals surface area contributed by atoms with Gasteiger partial charge in [0, 0.05) is 0 Å². The van der Waals surface area contributed by atoms with Crippen LogP contribution >= 0.6 is 10.7 Å². The van der Waals surface area contributed by atoms with Gasteiger partial charge in [-0.1, -0.05) is 36.9 Å². The van der Waals surface area contributed by atoms with Crippen LogP contribution in [-0.2, 0) is 34.2 Å². The van der Waals surface area contributed by atoms with Gasteiger partial charge in [0.05, 0.1) is 10.4 Å². The van der Waals surface area contributed by atoms with E-state index in [0.717, 1.165) is 4.90 Å². The summed E-state index contributed by atoms with van der Waals surface area (Å²) in [5.41, 5.74) is -0.968. The largest absolute Gasteiger partial charge is 0.597 e. The van der Waals surface area contributed by atoms with Crippen molar-refractivity contribution >= 4 is 44.9 Å². The smallest absolute Gasteiger partial charge is 0.408 e. The SMILES string of the molecule is C=C(C)C(C(=O)OC(C)(C)C)N1C(=O)C(NC(=O)C(NC(=O)OC(C)(C)C)c2ccccc2)C1[S+]([O-])Cl. The second-order valence-corrected chi connectivity index (χ2v) is 12.5. The third-order valence-corrected chi connectivity index (χ3v) is 6.43. The average Bonchev–Trinajstić information content (AvgIpc) is 2.73. The minimum Gasteiger partial charge on any atom is -0.597 e. The molecule has 1 aromatic carbocycles. The summed E-state index contributed by atoms with van der Waals surface area (Å²) in [4.78, 5) is 52.7. The van der Waals surface area contributed by atoms with E-state index >= 15 is 0 Å². The molecule has 1 saturated heterocycles. The van der Waals surface area contributed by atoms with Gasteiger partial charge in [-0.25, -0.2) is 9.59 Å². The van der Waals surface area contributed by atoms with Gasteiger partial charge < -0.3 is 24.7 Å². The first-order valence-corrected chi connectivity index (χ1v) is 13.6. The standard InChI is InChI=1S/C25H34ClN3O7S/c1-14(2)18(22(32)35-24(3,4)5)29-20(31)17(21(29)37(26)34)27-19(30)16(15-12-10-9-11-13-15)28-23(33)36-25(6,7)8/h9-13,16-18,21H,1H2,2-8H3,(H,27,30)(H,28,33). The number of hydrogen-bond donors (Lipinski definition) is 2. The zero-order chi connectivity index (χ0) is 28.3. The van der Waals surface area contributed by atoms with Crippen molar-refractivity contribution in [3.05, 3.63) is 48.0 Å². The molecule has 2 N–H and O–H groups in total. The normalized spacial score (nSPS) is 20.1. The number of carbonyl (C=O) groups excluding carboxylic acids is 4. The van der Waals surface area contributed by atoms with E-state index in [-0.39, 0.29) is 5.57 Å². The number of benzene rings is 1. The molecule has 0 saturated carbocycles. The second kappa shape index (κ2) is 11.7. The Labute approximate surface area is 224 Å². The topological polar surface area (TPSA) is 137 Å². The summed E-state index contributed by atoms with van der Waals surface area (Å²) < 4.78 is 23.1. The first-order valence-electron chi connectivity index (χ1n) is 11.5. The van der Waals surface area contributed by atoms with E-state index in [9.17, 15) is 23.7 Å². The highest BCUT2D eigenvalue weighted by molar-refractivity contribution is 8.14. The van der Waals surface area contributed by atoms with Crippen molar-refractivity contribution in [2.45, 2.75) is 83.2 Å². The Bertz CT molecular complexity index is 1040. The van der Waals surface area contributed by atoms with Gasteiger partial charge in [-0.2, -0.15) is 0 Å². The van der Waals surface area contributed by atoms with Crippen LogP contribution in [0.2, 0.25) is 0 Å². The molecule has 3 amide bonds. The van der Waals surface area contributed by atoms with E-state index in [1.807, 2.05) is 0 Å². The lowest BCUT2D eigenvalue weighted by molar-refractivity contribution is -0.170. The highest BCUT2D eigenvalue weighted by Gasteiger charge is 2.60. The molecule has 1 heterocycles. The Morgan fingerprint density at radius 3 is 2.08 bits per heavy atom. The van der Waals surface area contributed by atoms with Crippen LogP contribution < -0.4 is 10.6 Å². The Kier molecular flexibility index (Phi) is 9.67. The quantitative estimate of drug-likeness (QED) is 0.217. The number of nitrogens with one attached hydrogen (secondary N) is 2. The fourth-order valence-electron chi connectivity index (χ4n) is 3.61. The van der Waals surface area contributed by atoms with Crippen LogP contribution in [0, 0.1) is 0 Å². The maximum atomic E-state index is 13.3. The highest BCUT2D eigenvalue weighted by Crippen LogP contribution is 2.33. The molecule has 0 aliphatic carbocycles. The van der Waals surface area contributed by atoms with Crippen LogP contribution in [0.5, 0.6) is 0 Å². The Hall–Kier alpha value is -2.76. The average molecular weight is 556 g/mol. The summed E-state index contributed by atoms with van der Waals surface area (Å²) in [7, 11) is 3.74. The maximum absolute atomic E-state index is 13.3. The molecule has 5 atom stereocenters. The van der Waals surface area contributed by atoms with E-state index in [1.165, 1.54) is 6.92 Å². The van der Waals surface area contributed by atoms with Crippen LogP contribution in [0.4, 0.5) is 4.79 Å². The first kappa shape index (κ1) is 30.5. The molecule has 0 aromatic heterocycles. The minimum absolute atomic E-state index is 0.272. The molecule has 2 rings (SSSR count). The van der Waals surface area contributed by atoms with Crippen LogP contribution in [0.1, 0.15) is 60.1 Å². The predicted octanol–water partition coefficient (Wildman–Crippen LogP) is 3.09. The first-order chi connectivity index (χ1) is 16.9. The molecule has 12 heteroatoms. The van der Waals surface area contributed by atoms with Crippen LogP contribution in [-0.4, -0.2) is 62.0 Å². The molecular formula is C25H34ClN3O7S. The van der Waals surface area contributed by atoms with Crippen molar-refractivity contribution in [1.82, 2.24) is 15.5 Å². The number of carbonyl (C=O) groups is 4. The molecule has 1 aliphatic heterocycles. The third-order valence-electron chi connectivity index (χ3n) is 5.00. The minimum atomic E-state index is -2.18. The van der Waals surface area contributed by atoms with E-state index in [1.54, 1.807) is 71.9 Å². The summed E-state index contributed by atoms with van der Waals surface area (Å²) in [5, 5.41) is 3.77. The number of likely N-dealkylation sites (tertiary alicyclic amines) is 1. The molecule has 0 spiro atoms. The van der Waals surface area contributed by atoms with E-state index in [4.69, 9.17) is 20.2 Å². The van der Waals surface area contributed by atoms with Gasteiger partial charge in [0.25, 0.3) is 5.91 Å². The fraction of sp³-hybridized carbons (Fsp3) is 0.520. The molecular weight excluding hydrogens is 522 g/mol. The van der Waals surface area contributed by atoms with Gasteiger partial charge in [0.15, 0.2) is 22.8 Å². The number of nitrogens with zero attached hydrogens (tertiary/aromatic N) is 1. The third kappa shape index (κ3) is 8.11. The maximum Gasteiger partial charge on any atom is 0.408 e. The molecule has 37 heavy (non-hydrogen) atoms. The summed E-state index contributed by atoms with van der Waals surface area (Å²) in [6, 6.07) is 4.53. The van der Waals surface area contributed by atoms with Crippen molar-refractivity contribution in [1.29, 1.82) is 0 Å². The number of ether oxygens (including phenoxy) is 2. The zero-order valence-corrected chi connectivity index (χ0v) is 23.6. The molecule has 0 bridgehead atoms. The lowest BCUT2D eigenvalue weighted by Gasteiger charge is -2.47. The zero-order valence-electron chi connectivity index (χ0n) is 22.0. The summed E-state index contributed by atoms with van der Waals surface area (Å²) in [5.74, 6) is -2.22. The van der Waals surface area contributed by atoms with Gasteiger partial charge in [0.2, 0.25) is 11.3 Å². The number of rotatable bonds is 8. The summed E-state index contributed by atoms with van der Waals surface area (Å²) in [6.45, 7) is 15.3. The molecule has 5 unspecified atom stereocenters. The van der Waals surface area contributed by atoms with Crippen LogP contribution in [0.3, 0.4) is 0 Å². The van der Waals surface area contributed by atoms with Crippen LogP contribution in [0.25, 0.3) is 0 Å². The summed E-state index contributed by atoms with van der Waals surface area (Å²) in [6.07, 6.45) is -0.845. The van der Waals surface area contributed by atoms with E-state index < -0.39 is 69.0 Å². The molecule has 204 valence electrons. The lowest BCUT2D eigenvalue weighted by atomic mass is 9.98. The second-order valence-electron chi connectivity index (χ2n) is 10.6. The Balaban J connectivity index is 2.30. The van der Waals surface area contributed by atoms with Crippen molar-refractivity contribution in [3.63, 3.8) is 0 Å². The molecule has 1 aliphatic rings.